The molecule has 156 valence electrons. The molecule has 1 atom stereocenters. The fourth-order valence-electron chi connectivity index (χ4n) is 2.94. The summed E-state index contributed by atoms with van der Waals surface area (Å²) >= 11 is 4.38. The van der Waals surface area contributed by atoms with Crippen LogP contribution in [-0.2, 0) is 22.5 Å². The number of carbonyl (C=O) groups excluding carboxylic acids is 1. The number of hydrogen-bond donors (Lipinski definition) is 3. The second kappa shape index (κ2) is 10.7. The van der Waals surface area contributed by atoms with Crippen LogP contribution in [0.4, 0.5) is 0 Å². The monoisotopic (exact) mass is 425 g/mol. The largest absolute Gasteiger partial charge is 0.508 e. The van der Waals surface area contributed by atoms with Gasteiger partial charge in [0.1, 0.15) is 17.4 Å². The van der Waals surface area contributed by atoms with E-state index in [9.17, 15) is 14.7 Å². The number of aromatic nitrogens is 1. The van der Waals surface area contributed by atoms with E-state index in [1.165, 1.54) is 12.3 Å². The van der Waals surface area contributed by atoms with Crippen molar-refractivity contribution in [1.82, 2.24) is 4.98 Å². The number of aromatic amines is 1. The fraction of sp³-hybridized carbons (Fsp3) is 0.217. The Morgan fingerprint density at radius 3 is 2.63 bits per heavy atom. The van der Waals surface area contributed by atoms with Gasteiger partial charge >= 0.3 is 5.97 Å². The number of hydrogen-bond acceptors (Lipinski definition) is 6. The minimum Gasteiger partial charge on any atom is -0.508 e. The molecule has 1 heterocycles. The molecule has 1 aromatic heterocycles. The van der Waals surface area contributed by atoms with E-state index < -0.39 is 17.6 Å². The predicted molar refractivity (Wildman–Crippen MR) is 116 cm³/mol. The number of pyridine rings is 1. The molecule has 0 fully saturated rings. The summed E-state index contributed by atoms with van der Waals surface area (Å²) in [6.07, 6.45) is 1.95. The van der Waals surface area contributed by atoms with Gasteiger partial charge in [-0.25, -0.2) is 4.79 Å². The highest BCUT2D eigenvalue weighted by Crippen LogP contribution is 2.22. The standard InChI is InChI=1S/C23H23NO5S/c25-18-10-8-17(21(30)13-18)9-11-19(15-28-14-16-5-2-1-3-6-16)29-23(27)20-7-4-12-24-22(20)26/h1-8,10,12-13,19,25,30H,9,11,14-15H2,(H,24,26). The molecule has 6 nitrogen and oxygen atoms in total. The van der Waals surface area contributed by atoms with Gasteiger partial charge in [-0.3, -0.25) is 4.79 Å². The van der Waals surface area contributed by atoms with Crippen LogP contribution < -0.4 is 5.56 Å². The van der Waals surface area contributed by atoms with Gasteiger partial charge in [0.25, 0.3) is 5.56 Å². The lowest BCUT2D eigenvalue weighted by Crippen LogP contribution is -2.27. The summed E-state index contributed by atoms with van der Waals surface area (Å²) < 4.78 is 11.3. The first-order chi connectivity index (χ1) is 14.5. The average Bonchev–Trinajstić information content (AvgIpc) is 2.74. The third-order valence-corrected chi connectivity index (χ3v) is 4.95. The number of aryl methyl sites for hydroxylation is 1. The summed E-state index contributed by atoms with van der Waals surface area (Å²) in [4.78, 5) is 27.5. The van der Waals surface area contributed by atoms with Crippen molar-refractivity contribution >= 4 is 18.6 Å². The van der Waals surface area contributed by atoms with E-state index >= 15 is 0 Å². The number of esters is 1. The van der Waals surface area contributed by atoms with E-state index in [2.05, 4.69) is 17.6 Å². The number of carbonyl (C=O) groups is 1. The van der Waals surface area contributed by atoms with Crippen LogP contribution in [0.2, 0.25) is 0 Å². The molecule has 0 saturated heterocycles. The van der Waals surface area contributed by atoms with Crippen molar-refractivity contribution in [1.29, 1.82) is 0 Å². The van der Waals surface area contributed by atoms with Gasteiger partial charge in [-0.05, 0) is 48.2 Å². The molecule has 0 bridgehead atoms. The molecule has 0 aliphatic heterocycles. The van der Waals surface area contributed by atoms with Gasteiger partial charge in [0.05, 0.1) is 13.2 Å². The molecule has 0 saturated carbocycles. The molecule has 2 aromatic carbocycles. The van der Waals surface area contributed by atoms with Gasteiger partial charge in [0, 0.05) is 11.1 Å². The van der Waals surface area contributed by atoms with Crippen LogP contribution in [0.25, 0.3) is 0 Å². The highest BCUT2D eigenvalue weighted by atomic mass is 32.1. The Morgan fingerprint density at radius 2 is 1.90 bits per heavy atom. The summed E-state index contributed by atoms with van der Waals surface area (Å²) in [7, 11) is 0. The quantitative estimate of drug-likeness (QED) is 0.359. The molecule has 0 aliphatic rings. The van der Waals surface area contributed by atoms with Crippen molar-refractivity contribution in [3.8, 4) is 5.75 Å². The zero-order valence-corrected chi connectivity index (χ0v) is 17.2. The normalized spacial score (nSPS) is 11.8. The molecule has 7 heteroatoms. The fourth-order valence-corrected chi connectivity index (χ4v) is 3.25. The lowest BCUT2D eigenvalue weighted by atomic mass is 10.1. The molecule has 0 amide bonds. The summed E-state index contributed by atoms with van der Waals surface area (Å²) in [5, 5.41) is 9.54. The van der Waals surface area contributed by atoms with E-state index in [0.29, 0.717) is 24.3 Å². The lowest BCUT2D eigenvalue weighted by Gasteiger charge is -2.18. The first-order valence-electron chi connectivity index (χ1n) is 9.54. The number of H-pyrrole nitrogens is 1. The second-order valence-electron chi connectivity index (χ2n) is 6.79. The topological polar surface area (TPSA) is 88.6 Å². The number of benzene rings is 2. The van der Waals surface area contributed by atoms with E-state index in [0.717, 1.165) is 11.1 Å². The molecule has 0 radical (unpaired) electrons. The van der Waals surface area contributed by atoms with Crippen molar-refractivity contribution < 1.29 is 19.4 Å². The van der Waals surface area contributed by atoms with Crippen LogP contribution in [-0.4, -0.2) is 28.8 Å². The molecular weight excluding hydrogens is 402 g/mol. The van der Waals surface area contributed by atoms with Gasteiger partial charge in [-0.2, -0.15) is 0 Å². The maximum Gasteiger partial charge on any atom is 0.344 e. The van der Waals surface area contributed by atoms with Crippen molar-refractivity contribution in [3.63, 3.8) is 0 Å². The first-order valence-corrected chi connectivity index (χ1v) is 9.99. The van der Waals surface area contributed by atoms with Gasteiger partial charge in [0.15, 0.2) is 0 Å². The molecule has 1 unspecified atom stereocenters. The zero-order valence-electron chi connectivity index (χ0n) is 16.3. The second-order valence-corrected chi connectivity index (χ2v) is 7.27. The molecule has 3 aromatic rings. The third kappa shape index (κ3) is 6.23. The van der Waals surface area contributed by atoms with Crippen LogP contribution in [0.15, 0.2) is 76.6 Å². The van der Waals surface area contributed by atoms with E-state index in [1.807, 2.05) is 30.3 Å². The smallest absolute Gasteiger partial charge is 0.344 e. The van der Waals surface area contributed by atoms with Crippen LogP contribution in [0, 0.1) is 0 Å². The predicted octanol–water partition coefficient (Wildman–Crippen LogP) is 3.74. The molecule has 3 rings (SSSR count). The molecular formula is C23H23NO5S. The van der Waals surface area contributed by atoms with Gasteiger partial charge in [-0.1, -0.05) is 36.4 Å². The van der Waals surface area contributed by atoms with Crippen molar-refractivity contribution in [2.75, 3.05) is 6.61 Å². The van der Waals surface area contributed by atoms with Crippen molar-refractivity contribution in [3.05, 3.63) is 93.9 Å². The number of ether oxygens (including phenoxy) is 2. The van der Waals surface area contributed by atoms with Crippen LogP contribution in [0.1, 0.15) is 27.9 Å². The number of phenols is 1. The highest BCUT2D eigenvalue weighted by Gasteiger charge is 2.19. The summed E-state index contributed by atoms with van der Waals surface area (Å²) in [6, 6.07) is 17.6. The minimum absolute atomic E-state index is 0.0509. The van der Waals surface area contributed by atoms with Crippen molar-refractivity contribution in [2.45, 2.75) is 30.4 Å². The maximum absolute atomic E-state index is 12.5. The number of phenolic OH excluding ortho intramolecular Hbond substituents is 1. The number of thiol groups is 1. The van der Waals surface area contributed by atoms with E-state index in [-0.39, 0.29) is 17.9 Å². The Labute approximate surface area is 179 Å². The number of rotatable bonds is 9. The lowest BCUT2D eigenvalue weighted by molar-refractivity contribution is -0.0109. The number of nitrogens with one attached hydrogen (secondary N) is 1. The van der Waals surface area contributed by atoms with Crippen LogP contribution in [0.5, 0.6) is 5.75 Å². The Bertz CT molecular complexity index is 1040. The van der Waals surface area contributed by atoms with Crippen LogP contribution >= 0.6 is 12.6 Å². The molecule has 0 spiro atoms. The minimum atomic E-state index is -0.693. The van der Waals surface area contributed by atoms with Gasteiger partial charge in [0.2, 0.25) is 0 Å². The maximum atomic E-state index is 12.5. The van der Waals surface area contributed by atoms with E-state index in [4.69, 9.17) is 9.47 Å². The average molecular weight is 426 g/mol. The Morgan fingerprint density at radius 1 is 1.10 bits per heavy atom. The molecule has 30 heavy (non-hydrogen) atoms. The van der Waals surface area contributed by atoms with Crippen molar-refractivity contribution in [2.24, 2.45) is 0 Å². The zero-order chi connectivity index (χ0) is 21.3. The Kier molecular flexibility index (Phi) is 7.70. The van der Waals surface area contributed by atoms with E-state index in [1.54, 1.807) is 24.3 Å². The third-order valence-electron chi connectivity index (χ3n) is 4.53. The Hall–Kier alpha value is -3.03. The van der Waals surface area contributed by atoms with Gasteiger partial charge in [-0.15, -0.1) is 12.6 Å². The summed E-state index contributed by atoms with van der Waals surface area (Å²) in [5.74, 6) is -0.553. The Balaban J connectivity index is 1.66. The van der Waals surface area contributed by atoms with Gasteiger partial charge < -0.3 is 19.6 Å². The summed E-state index contributed by atoms with van der Waals surface area (Å²) in [5.41, 5.74) is 1.38. The number of aromatic hydroxyl groups is 1. The van der Waals surface area contributed by atoms with Crippen LogP contribution in [0.3, 0.4) is 0 Å². The molecule has 2 N–H and O–H groups in total. The first kappa shape index (κ1) is 21.7. The summed E-state index contributed by atoms with van der Waals surface area (Å²) in [6.45, 7) is 0.573. The SMILES string of the molecule is O=C(OC(CCc1ccc(O)cc1S)COCc1ccccc1)c1ccc[nH]c1=O. The highest BCUT2D eigenvalue weighted by molar-refractivity contribution is 7.80. The molecule has 0 aliphatic carbocycles.